The van der Waals surface area contributed by atoms with Crippen LogP contribution in [0.4, 0.5) is 5.69 Å². The Balaban J connectivity index is 1.81. The summed E-state index contributed by atoms with van der Waals surface area (Å²) >= 11 is 0. The number of hydrogen-bond donors (Lipinski definition) is 1. The number of hydrogen-bond acceptors (Lipinski definition) is 4. The zero-order valence-corrected chi connectivity index (χ0v) is 10.6. The summed E-state index contributed by atoms with van der Waals surface area (Å²) in [7, 11) is 0. The van der Waals surface area contributed by atoms with Gasteiger partial charge in [0.25, 0.3) is 0 Å². The Kier molecular flexibility index (Phi) is 3.02. The first-order valence-corrected chi connectivity index (χ1v) is 6.06. The van der Waals surface area contributed by atoms with Gasteiger partial charge >= 0.3 is 0 Å². The van der Waals surface area contributed by atoms with E-state index in [1.165, 1.54) is 6.33 Å². The van der Waals surface area contributed by atoms with E-state index in [4.69, 9.17) is 4.42 Å². The first kappa shape index (κ1) is 11.5. The fourth-order valence-electron chi connectivity index (χ4n) is 1.92. The smallest absolute Gasteiger partial charge is 0.138 e. The third-order valence-electron chi connectivity index (χ3n) is 2.82. The van der Waals surface area contributed by atoms with Crippen LogP contribution in [0.2, 0.25) is 0 Å². The van der Waals surface area contributed by atoms with Crippen molar-refractivity contribution < 1.29 is 4.42 Å². The third kappa shape index (κ3) is 2.49. The largest absolute Gasteiger partial charge is 0.465 e. The second kappa shape index (κ2) is 4.97. The summed E-state index contributed by atoms with van der Waals surface area (Å²) in [6.45, 7) is 2.58. The normalized spacial score (nSPS) is 10.6. The molecule has 2 aromatic heterocycles. The van der Waals surface area contributed by atoms with Gasteiger partial charge in [0.2, 0.25) is 0 Å². The van der Waals surface area contributed by atoms with Crippen LogP contribution in [-0.4, -0.2) is 14.8 Å². The van der Waals surface area contributed by atoms with Gasteiger partial charge in [-0.05, 0) is 31.2 Å². The average Bonchev–Trinajstić information content (AvgIpc) is 3.08. The number of para-hydroxylation sites is 2. The van der Waals surface area contributed by atoms with Crippen molar-refractivity contribution in [2.45, 2.75) is 13.5 Å². The lowest BCUT2D eigenvalue weighted by Crippen LogP contribution is -2.04. The van der Waals surface area contributed by atoms with Gasteiger partial charge in [-0.25, -0.2) is 9.67 Å². The molecule has 2 heterocycles. The molecule has 1 N–H and O–H groups in total. The molecule has 3 aromatic rings. The van der Waals surface area contributed by atoms with Gasteiger partial charge in [0.1, 0.15) is 24.2 Å². The van der Waals surface area contributed by atoms with Crippen molar-refractivity contribution in [3.63, 3.8) is 0 Å². The SMILES string of the molecule is Cc1ccc(CNc2ccccc2-n2cncn2)o1. The van der Waals surface area contributed by atoms with E-state index >= 15 is 0 Å². The molecule has 0 atom stereocenters. The monoisotopic (exact) mass is 254 g/mol. The van der Waals surface area contributed by atoms with E-state index < -0.39 is 0 Å². The molecule has 0 unspecified atom stereocenters. The lowest BCUT2D eigenvalue weighted by molar-refractivity contribution is 0.490. The molecule has 5 heteroatoms. The Bertz CT molecular complexity index is 658. The summed E-state index contributed by atoms with van der Waals surface area (Å²) in [4.78, 5) is 3.97. The lowest BCUT2D eigenvalue weighted by Gasteiger charge is -2.10. The zero-order chi connectivity index (χ0) is 13.1. The Labute approximate surface area is 110 Å². The summed E-state index contributed by atoms with van der Waals surface area (Å²) in [5.41, 5.74) is 1.95. The van der Waals surface area contributed by atoms with Crippen molar-refractivity contribution >= 4 is 5.69 Å². The van der Waals surface area contributed by atoms with E-state index in [9.17, 15) is 0 Å². The molecule has 0 spiro atoms. The van der Waals surface area contributed by atoms with Gasteiger partial charge in [0.15, 0.2) is 0 Å². The van der Waals surface area contributed by atoms with Crippen molar-refractivity contribution in [2.24, 2.45) is 0 Å². The summed E-state index contributed by atoms with van der Waals surface area (Å²) < 4.78 is 7.27. The number of benzene rings is 1. The molecule has 0 radical (unpaired) electrons. The predicted octanol–water partition coefficient (Wildman–Crippen LogP) is 2.78. The van der Waals surface area contributed by atoms with Gasteiger partial charge in [0.05, 0.1) is 17.9 Å². The summed E-state index contributed by atoms with van der Waals surface area (Å²) in [6, 6.07) is 11.9. The number of rotatable bonds is 4. The minimum atomic E-state index is 0.638. The van der Waals surface area contributed by atoms with Crippen molar-refractivity contribution in [1.29, 1.82) is 0 Å². The maximum Gasteiger partial charge on any atom is 0.138 e. The molecule has 0 fully saturated rings. The highest BCUT2D eigenvalue weighted by atomic mass is 16.3. The molecule has 3 rings (SSSR count). The molecular formula is C14H14N4O. The first-order valence-electron chi connectivity index (χ1n) is 6.06. The highest BCUT2D eigenvalue weighted by Gasteiger charge is 2.05. The van der Waals surface area contributed by atoms with Crippen LogP contribution in [0.3, 0.4) is 0 Å². The predicted molar refractivity (Wildman–Crippen MR) is 72.1 cm³/mol. The number of aryl methyl sites for hydroxylation is 1. The summed E-state index contributed by atoms with van der Waals surface area (Å²) in [5, 5.41) is 7.50. The van der Waals surface area contributed by atoms with Gasteiger partial charge in [-0.2, -0.15) is 5.10 Å². The quantitative estimate of drug-likeness (QED) is 0.777. The highest BCUT2D eigenvalue weighted by molar-refractivity contribution is 5.60. The first-order chi connectivity index (χ1) is 9.33. The van der Waals surface area contributed by atoms with Crippen molar-refractivity contribution in [3.8, 4) is 5.69 Å². The van der Waals surface area contributed by atoms with E-state index in [1.807, 2.05) is 43.3 Å². The lowest BCUT2D eigenvalue weighted by atomic mass is 10.2. The molecule has 1 aromatic carbocycles. The van der Waals surface area contributed by atoms with Crippen molar-refractivity contribution in [2.75, 3.05) is 5.32 Å². The van der Waals surface area contributed by atoms with E-state index in [0.29, 0.717) is 6.54 Å². The van der Waals surface area contributed by atoms with Crippen LogP contribution in [-0.2, 0) is 6.54 Å². The van der Waals surface area contributed by atoms with Gasteiger partial charge in [-0.3, -0.25) is 0 Å². The second-order valence-corrected chi connectivity index (χ2v) is 4.22. The van der Waals surface area contributed by atoms with E-state index in [0.717, 1.165) is 22.9 Å². The standard InChI is InChI=1S/C14H14N4O/c1-11-6-7-12(19-11)8-16-13-4-2-3-5-14(13)18-10-15-9-17-18/h2-7,9-10,16H,8H2,1H3. The van der Waals surface area contributed by atoms with Gasteiger partial charge in [-0.15, -0.1) is 0 Å². The minimum absolute atomic E-state index is 0.638. The van der Waals surface area contributed by atoms with E-state index in [2.05, 4.69) is 15.4 Å². The third-order valence-corrected chi connectivity index (χ3v) is 2.82. The van der Waals surface area contributed by atoms with E-state index in [1.54, 1.807) is 11.0 Å². The summed E-state index contributed by atoms with van der Waals surface area (Å²) in [6.07, 6.45) is 3.20. The van der Waals surface area contributed by atoms with Gasteiger partial charge in [-0.1, -0.05) is 12.1 Å². The molecule has 0 aliphatic rings. The van der Waals surface area contributed by atoms with Crippen LogP contribution in [0.5, 0.6) is 0 Å². The second-order valence-electron chi connectivity index (χ2n) is 4.22. The van der Waals surface area contributed by atoms with E-state index in [-0.39, 0.29) is 0 Å². The average molecular weight is 254 g/mol. The van der Waals surface area contributed by atoms with Crippen LogP contribution >= 0.6 is 0 Å². The van der Waals surface area contributed by atoms with Crippen LogP contribution in [0.15, 0.2) is 53.5 Å². The van der Waals surface area contributed by atoms with Crippen LogP contribution in [0.25, 0.3) is 5.69 Å². The molecule has 5 nitrogen and oxygen atoms in total. The molecule has 0 saturated carbocycles. The van der Waals surface area contributed by atoms with Crippen molar-refractivity contribution in [1.82, 2.24) is 14.8 Å². The van der Waals surface area contributed by atoms with Crippen LogP contribution in [0.1, 0.15) is 11.5 Å². The fraction of sp³-hybridized carbons (Fsp3) is 0.143. The maximum atomic E-state index is 5.54. The number of nitrogens with one attached hydrogen (secondary N) is 1. The molecule has 0 bridgehead atoms. The van der Waals surface area contributed by atoms with Crippen molar-refractivity contribution in [3.05, 3.63) is 60.6 Å². The number of aromatic nitrogens is 3. The zero-order valence-electron chi connectivity index (χ0n) is 10.6. The Morgan fingerprint density at radius 2 is 2.11 bits per heavy atom. The highest BCUT2D eigenvalue weighted by Crippen LogP contribution is 2.19. The fourth-order valence-corrected chi connectivity index (χ4v) is 1.92. The number of nitrogens with zero attached hydrogens (tertiary/aromatic N) is 3. The van der Waals surface area contributed by atoms with Crippen LogP contribution in [0, 0.1) is 6.92 Å². The Morgan fingerprint density at radius 3 is 2.84 bits per heavy atom. The Hall–Kier alpha value is -2.56. The summed E-state index contributed by atoms with van der Waals surface area (Å²) in [5.74, 6) is 1.83. The maximum absolute atomic E-state index is 5.54. The number of anilines is 1. The topological polar surface area (TPSA) is 55.9 Å². The minimum Gasteiger partial charge on any atom is -0.465 e. The molecule has 0 saturated heterocycles. The molecule has 0 aliphatic carbocycles. The van der Waals surface area contributed by atoms with Crippen LogP contribution < -0.4 is 5.32 Å². The number of furan rings is 1. The molecule has 96 valence electrons. The van der Waals surface area contributed by atoms with Gasteiger partial charge < -0.3 is 9.73 Å². The molecule has 0 aliphatic heterocycles. The molecule has 19 heavy (non-hydrogen) atoms. The molecular weight excluding hydrogens is 240 g/mol. The molecule has 0 amide bonds. The Morgan fingerprint density at radius 1 is 1.21 bits per heavy atom. The van der Waals surface area contributed by atoms with Gasteiger partial charge in [0, 0.05) is 0 Å².